The van der Waals surface area contributed by atoms with E-state index in [9.17, 15) is 18.0 Å². The van der Waals surface area contributed by atoms with E-state index >= 15 is 0 Å². The third-order valence-corrected chi connectivity index (χ3v) is 6.15. The van der Waals surface area contributed by atoms with Crippen LogP contribution in [0.4, 0.5) is 24.0 Å². The number of anilines is 2. The van der Waals surface area contributed by atoms with E-state index in [1.807, 2.05) is 18.2 Å². The highest BCUT2D eigenvalue weighted by atomic mass is 32.1. The molecule has 4 rings (SSSR count). The van der Waals surface area contributed by atoms with Crippen LogP contribution in [0.5, 0.6) is 11.5 Å². The van der Waals surface area contributed by atoms with E-state index in [4.69, 9.17) is 4.74 Å². The zero-order valence-corrected chi connectivity index (χ0v) is 17.4. The van der Waals surface area contributed by atoms with E-state index in [1.165, 1.54) is 24.3 Å². The molecule has 1 aliphatic rings. The first-order valence-electron chi connectivity index (χ1n) is 9.67. The van der Waals surface area contributed by atoms with Gasteiger partial charge in [0.1, 0.15) is 11.5 Å². The lowest BCUT2D eigenvalue weighted by atomic mass is 9.96. The number of piperidine rings is 1. The summed E-state index contributed by atoms with van der Waals surface area (Å²) >= 11 is 1.59. The predicted molar refractivity (Wildman–Crippen MR) is 113 cm³/mol. The smallest absolute Gasteiger partial charge is 0.497 e. The Hall–Kier alpha value is -3.01. The number of nitrogens with one attached hydrogen (secondary N) is 1. The standard InChI is InChI=1S/C21H20F3N3O3S/c1-29-16-6-7-17-18(12-16)31-20(26-17)27-10-8-13(9-11-27)19(28)25-14-2-4-15(5-3-14)30-21(22,23)24/h2-7,12-13H,8-11H2,1H3,(H,25,28). The lowest BCUT2D eigenvalue weighted by Gasteiger charge is -2.31. The van der Waals surface area contributed by atoms with Crippen molar-refractivity contribution in [1.82, 2.24) is 4.98 Å². The van der Waals surface area contributed by atoms with E-state index in [0.717, 1.165) is 21.1 Å². The van der Waals surface area contributed by atoms with Gasteiger partial charge in [0.05, 0.1) is 17.3 Å². The Morgan fingerprint density at radius 2 is 1.81 bits per heavy atom. The van der Waals surface area contributed by atoms with Gasteiger partial charge in [0.2, 0.25) is 5.91 Å². The molecule has 0 radical (unpaired) electrons. The number of aromatic nitrogens is 1. The number of ether oxygens (including phenoxy) is 2. The highest BCUT2D eigenvalue weighted by Gasteiger charge is 2.31. The Morgan fingerprint density at radius 1 is 1.13 bits per heavy atom. The first kappa shape index (κ1) is 21.2. The number of amides is 1. The highest BCUT2D eigenvalue weighted by Crippen LogP contribution is 2.33. The van der Waals surface area contributed by atoms with Crippen LogP contribution in [0.3, 0.4) is 0 Å². The molecule has 0 atom stereocenters. The lowest BCUT2D eigenvalue weighted by Crippen LogP contribution is -2.38. The molecule has 6 nitrogen and oxygen atoms in total. The maximum absolute atomic E-state index is 12.6. The lowest BCUT2D eigenvalue weighted by molar-refractivity contribution is -0.274. The summed E-state index contributed by atoms with van der Waals surface area (Å²) in [6, 6.07) is 10.9. The van der Waals surface area contributed by atoms with Crippen molar-refractivity contribution in [3.05, 3.63) is 42.5 Å². The molecule has 1 fully saturated rings. The maximum atomic E-state index is 12.6. The number of benzene rings is 2. The minimum Gasteiger partial charge on any atom is -0.497 e. The second kappa shape index (κ2) is 8.62. The Balaban J connectivity index is 1.32. The molecule has 0 saturated carbocycles. The number of hydrogen-bond donors (Lipinski definition) is 1. The molecule has 0 aliphatic carbocycles. The molecule has 3 aromatic rings. The molecule has 10 heteroatoms. The molecule has 1 aliphatic heterocycles. The zero-order valence-electron chi connectivity index (χ0n) is 16.6. The number of alkyl halides is 3. The Kier molecular flexibility index (Phi) is 5.90. The number of carbonyl (C=O) groups is 1. The van der Waals surface area contributed by atoms with Crippen LogP contribution in [0, 0.1) is 5.92 Å². The largest absolute Gasteiger partial charge is 0.573 e. The molecule has 1 aromatic heterocycles. The van der Waals surface area contributed by atoms with Crippen LogP contribution in [0.25, 0.3) is 10.2 Å². The van der Waals surface area contributed by atoms with E-state index in [-0.39, 0.29) is 17.6 Å². The molecule has 164 valence electrons. The highest BCUT2D eigenvalue weighted by molar-refractivity contribution is 7.22. The minimum absolute atomic E-state index is 0.141. The van der Waals surface area contributed by atoms with Gasteiger partial charge in [-0.3, -0.25) is 4.79 Å². The summed E-state index contributed by atoms with van der Waals surface area (Å²) in [7, 11) is 1.63. The first-order chi connectivity index (χ1) is 14.8. The second-order valence-electron chi connectivity index (χ2n) is 7.15. The fourth-order valence-electron chi connectivity index (χ4n) is 3.47. The zero-order chi connectivity index (χ0) is 22.0. The number of rotatable bonds is 5. The van der Waals surface area contributed by atoms with Crippen molar-refractivity contribution < 1.29 is 27.4 Å². The summed E-state index contributed by atoms with van der Waals surface area (Å²) in [6.45, 7) is 1.40. The van der Waals surface area contributed by atoms with E-state index in [2.05, 4.69) is 19.9 Å². The number of fused-ring (bicyclic) bond motifs is 1. The van der Waals surface area contributed by atoms with E-state index in [0.29, 0.717) is 31.6 Å². The maximum Gasteiger partial charge on any atom is 0.573 e. The molecule has 2 heterocycles. The van der Waals surface area contributed by atoms with Gasteiger partial charge in [0.15, 0.2) is 5.13 Å². The monoisotopic (exact) mass is 451 g/mol. The average Bonchev–Trinajstić information content (AvgIpc) is 3.17. The van der Waals surface area contributed by atoms with E-state index in [1.54, 1.807) is 18.4 Å². The number of hydrogen-bond acceptors (Lipinski definition) is 6. The van der Waals surface area contributed by atoms with Crippen LogP contribution in [-0.4, -0.2) is 37.5 Å². The Morgan fingerprint density at radius 3 is 2.45 bits per heavy atom. The number of thiazole rings is 1. The first-order valence-corrected chi connectivity index (χ1v) is 10.5. The number of carbonyl (C=O) groups excluding carboxylic acids is 1. The van der Waals surface area contributed by atoms with Gasteiger partial charge in [0.25, 0.3) is 0 Å². The summed E-state index contributed by atoms with van der Waals surface area (Å²) in [4.78, 5) is 19.4. The molecular weight excluding hydrogens is 431 g/mol. The molecule has 0 bridgehead atoms. The predicted octanol–water partition coefficient (Wildman–Crippen LogP) is 5.06. The van der Waals surface area contributed by atoms with Crippen molar-refractivity contribution >= 4 is 38.3 Å². The third-order valence-electron chi connectivity index (χ3n) is 5.08. The van der Waals surface area contributed by atoms with Crippen LogP contribution >= 0.6 is 11.3 Å². The molecule has 1 N–H and O–H groups in total. The summed E-state index contributed by atoms with van der Waals surface area (Å²) in [5, 5.41) is 3.69. The summed E-state index contributed by atoms with van der Waals surface area (Å²) in [5.41, 5.74) is 1.35. The quantitative estimate of drug-likeness (QED) is 0.588. The van der Waals surface area contributed by atoms with Gasteiger partial charge in [0, 0.05) is 24.7 Å². The van der Waals surface area contributed by atoms with Crippen molar-refractivity contribution in [2.45, 2.75) is 19.2 Å². The van der Waals surface area contributed by atoms with Gasteiger partial charge in [-0.1, -0.05) is 11.3 Å². The number of methoxy groups -OCH3 is 1. The van der Waals surface area contributed by atoms with Crippen LogP contribution < -0.4 is 19.7 Å². The van der Waals surface area contributed by atoms with Gasteiger partial charge < -0.3 is 19.7 Å². The van der Waals surface area contributed by atoms with E-state index < -0.39 is 6.36 Å². The SMILES string of the molecule is COc1ccc2nc(N3CCC(C(=O)Nc4ccc(OC(F)(F)F)cc4)CC3)sc2c1. The van der Waals surface area contributed by atoms with Gasteiger partial charge in [-0.05, 0) is 55.3 Å². The number of nitrogens with zero attached hydrogens (tertiary/aromatic N) is 2. The number of halogens is 3. The van der Waals surface area contributed by atoms with Gasteiger partial charge >= 0.3 is 6.36 Å². The van der Waals surface area contributed by atoms with Crippen molar-refractivity contribution in [2.75, 3.05) is 30.4 Å². The van der Waals surface area contributed by atoms with Gasteiger partial charge in [-0.25, -0.2) is 4.98 Å². The Labute approximate surface area is 180 Å². The van der Waals surface area contributed by atoms with Crippen molar-refractivity contribution in [3.63, 3.8) is 0 Å². The molecule has 1 saturated heterocycles. The van der Waals surface area contributed by atoms with Crippen LogP contribution in [0.15, 0.2) is 42.5 Å². The minimum atomic E-state index is -4.74. The average molecular weight is 451 g/mol. The molecule has 1 amide bonds. The summed E-state index contributed by atoms with van der Waals surface area (Å²) < 4.78 is 46.9. The summed E-state index contributed by atoms with van der Waals surface area (Å²) in [5.74, 6) is 0.151. The third kappa shape index (κ3) is 5.19. The summed E-state index contributed by atoms with van der Waals surface area (Å²) in [6.07, 6.45) is -3.41. The van der Waals surface area contributed by atoms with Gasteiger partial charge in [-0.15, -0.1) is 13.2 Å². The fourth-order valence-corrected chi connectivity index (χ4v) is 4.52. The topological polar surface area (TPSA) is 63.7 Å². The molecule has 31 heavy (non-hydrogen) atoms. The van der Waals surface area contributed by atoms with Crippen LogP contribution in [-0.2, 0) is 4.79 Å². The van der Waals surface area contributed by atoms with Crippen molar-refractivity contribution in [2.24, 2.45) is 5.92 Å². The fraction of sp³-hybridized carbons (Fsp3) is 0.333. The van der Waals surface area contributed by atoms with Crippen LogP contribution in [0.2, 0.25) is 0 Å². The molecule has 2 aromatic carbocycles. The molecular formula is C21H20F3N3O3S. The van der Waals surface area contributed by atoms with Crippen LogP contribution in [0.1, 0.15) is 12.8 Å². The Bertz CT molecular complexity index is 1060. The molecule has 0 unspecified atom stereocenters. The molecule has 0 spiro atoms. The van der Waals surface area contributed by atoms with Gasteiger partial charge in [-0.2, -0.15) is 0 Å². The van der Waals surface area contributed by atoms with Crippen molar-refractivity contribution in [3.8, 4) is 11.5 Å². The second-order valence-corrected chi connectivity index (χ2v) is 8.16. The van der Waals surface area contributed by atoms with Crippen molar-refractivity contribution in [1.29, 1.82) is 0 Å². The normalized spacial score (nSPS) is 15.2.